The maximum absolute atomic E-state index is 13.0. The van der Waals surface area contributed by atoms with Crippen molar-refractivity contribution in [3.05, 3.63) is 17.6 Å². The van der Waals surface area contributed by atoms with Gasteiger partial charge in [-0.2, -0.15) is 0 Å². The summed E-state index contributed by atoms with van der Waals surface area (Å²) >= 11 is 0. The molecule has 0 N–H and O–H groups in total. The lowest BCUT2D eigenvalue weighted by atomic mass is 9.99. The maximum atomic E-state index is 13.0. The molecule has 2 aliphatic rings. The number of hydrogen-bond donors (Lipinski definition) is 0. The number of anilines is 1. The van der Waals surface area contributed by atoms with Crippen LogP contribution in [0.2, 0.25) is 0 Å². The number of carbonyl (C=O) groups is 1. The van der Waals surface area contributed by atoms with Gasteiger partial charge >= 0.3 is 0 Å². The summed E-state index contributed by atoms with van der Waals surface area (Å²) < 4.78 is 0. The fourth-order valence-corrected chi connectivity index (χ4v) is 3.96. The van der Waals surface area contributed by atoms with Crippen molar-refractivity contribution >= 4 is 11.7 Å². The van der Waals surface area contributed by atoms with E-state index in [-0.39, 0.29) is 5.91 Å². The quantitative estimate of drug-likeness (QED) is 0.850. The Morgan fingerprint density at radius 2 is 1.79 bits per heavy atom. The minimum absolute atomic E-state index is 0.0862. The van der Waals surface area contributed by atoms with Gasteiger partial charge in [-0.15, -0.1) is 0 Å². The molecule has 1 unspecified atom stereocenters. The Labute approximate surface area is 145 Å². The van der Waals surface area contributed by atoms with Gasteiger partial charge in [0.2, 0.25) is 0 Å². The van der Waals surface area contributed by atoms with Crippen molar-refractivity contribution in [3.8, 4) is 0 Å². The Bertz CT molecular complexity index is 566. The largest absolute Gasteiger partial charge is 0.356 e. The Kier molecular flexibility index (Phi) is 5.69. The van der Waals surface area contributed by atoms with E-state index in [2.05, 4.69) is 21.8 Å². The van der Waals surface area contributed by atoms with Gasteiger partial charge in [0, 0.05) is 31.7 Å². The molecule has 0 bridgehead atoms. The summed E-state index contributed by atoms with van der Waals surface area (Å²) in [6, 6.07) is 2.28. The second-order valence-electron chi connectivity index (χ2n) is 7.12. The predicted molar refractivity (Wildman–Crippen MR) is 96.4 cm³/mol. The molecular weight excluding hydrogens is 300 g/mol. The molecule has 1 aromatic rings. The first kappa shape index (κ1) is 17.2. The SMILES string of the molecule is CCC1CCCCN1C(=O)c1cc(N2CCCCCC2)nc(C)n1. The molecule has 0 aliphatic carbocycles. The molecular formula is C19H30N4O. The number of piperidine rings is 1. The summed E-state index contributed by atoms with van der Waals surface area (Å²) in [4.78, 5) is 26.5. The second kappa shape index (κ2) is 7.95. The minimum atomic E-state index is 0.0862. The van der Waals surface area contributed by atoms with Gasteiger partial charge in [0.1, 0.15) is 17.3 Å². The van der Waals surface area contributed by atoms with Crippen LogP contribution in [-0.4, -0.2) is 46.5 Å². The fraction of sp³-hybridized carbons (Fsp3) is 0.737. The molecule has 24 heavy (non-hydrogen) atoms. The normalized spacial score (nSPS) is 22.3. The third-order valence-electron chi connectivity index (χ3n) is 5.33. The summed E-state index contributed by atoms with van der Waals surface area (Å²) in [6.45, 7) is 6.99. The van der Waals surface area contributed by atoms with Crippen LogP contribution in [0.25, 0.3) is 0 Å². The van der Waals surface area contributed by atoms with Crippen LogP contribution in [0.5, 0.6) is 0 Å². The van der Waals surface area contributed by atoms with Crippen molar-refractivity contribution in [1.29, 1.82) is 0 Å². The molecule has 5 nitrogen and oxygen atoms in total. The molecule has 0 spiro atoms. The van der Waals surface area contributed by atoms with Crippen LogP contribution in [0.1, 0.15) is 74.6 Å². The van der Waals surface area contributed by atoms with E-state index < -0.39 is 0 Å². The number of aryl methyl sites for hydroxylation is 1. The van der Waals surface area contributed by atoms with E-state index in [0.29, 0.717) is 17.6 Å². The minimum Gasteiger partial charge on any atom is -0.356 e. The summed E-state index contributed by atoms with van der Waals surface area (Å²) in [5.74, 6) is 1.71. The van der Waals surface area contributed by atoms with Gasteiger partial charge in [0.05, 0.1) is 0 Å². The van der Waals surface area contributed by atoms with Gasteiger partial charge < -0.3 is 9.80 Å². The maximum Gasteiger partial charge on any atom is 0.272 e. The molecule has 132 valence electrons. The Morgan fingerprint density at radius 3 is 2.50 bits per heavy atom. The van der Waals surface area contributed by atoms with Crippen molar-refractivity contribution < 1.29 is 4.79 Å². The fourth-order valence-electron chi connectivity index (χ4n) is 3.96. The van der Waals surface area contributed by atoms with Gasteiger partial charge in [0.25, 0.3) is 5.91 Å². The van der Waals surface area contributed by atoms with Crippen LogP contribution >= 0.6 is 0 Å². The summed E-state index contributed by atoms with van der Waals surface area (Å²) in [5.41, 5.74) is 0.571. The molecule has 0 saturated carbocycles. The number of rotatable bonds is 3. The molecule has 3 rings (SSSR count). The third-order valence-corrected chi connectivity index (χ3v) is 5.33. The number of likely N-dealkylation sites (tertiary alicyclic amines) is 1. The highest BCUT2D eigenvalue weighted by Gasteiger charge is 2.28. The molecule has 0 aromatic carbocycles. The highest BCUT2D eigenvalue weighted by Crippen LogP contribution is 2.23. The topological polar surface area (TPSA) is 49.3 Å². The van der Waals surface area contributed by atoms with E-state index in [1.807, 2.05) is 17.9 Å². The monoisotopic (exact) mass is 330 g/mol. The van der Waals surface area contributed by atoms with Crippen molar-refractivity contribution in [1.82, 2.24) is 14.9 Å². The molecule has 1 atom stereocenters. The summed E-state index contributed by atoms with van der Waals surface area (Å²) in [7, 11) is 0. The van der Waals surface area contributed by atoms with Gasteiger partial charge in [-0.1, -0.05) is 19.8 Å². The number of hydrogen-bond acceptors (Lipinski definition) is 4. The smallest absolute Gasteiger partial charge is 0.272 e. The van der Waals surface area contributed by atoms with E-state index >= 15 is 0 Å². The van der Waals surface area contributed by atoms with Gasteiger partial charge in [-0.05, 0) is 45.4 Å². The number of amides is 1. The zero-order chi connectivity index (χ0) is 16.9. The van der Waals surface area contributed by atoms with E-state index in [9.17, 15) is 4.79 Å². The summed E-state index contributed by atoms with van der Waals surface area (Å²) in [6.07, 6.45) is 9.46. The number of nitrogens with zero attached hydrogens (tertiary/aromatic N) is 4. The number of carbonyl (C=O) groups excluding carboxylic acids is 1. The van der Waals surface area contributed by atoms with E-state index in [0.717, 1.165) is 44.7 Å². The van der Waals surface area contributed by atoms with Crippen LogP contribution in [-0.2, 0) is 0 Å². The van der Waals surface area contributed by atoms with Crippen molar-refractivity contribution in [2.45, 2.75) is 71.3 Å². The first-order chi connectivity index (χ1) is 11.7. The van der Waals surface area contributed by atoms with Crippen LogP contribution in [0, 0.1) is 6.92 Å². The first-order valence-corrected chi connectivity index (χ1v) is 9.60. The first-order valence-electron chi connectivity index (χ1n) is 9.60. The number of aromatic nitrogens is 2. The average molecular weight is 330 g/mol. The molecule has 1 amide bonds. The lowest BCUT2D eigenvalue weighted by molar-refractivity contribution is 0.0601. The van der Waals surface area contributed by atoms with Crippen LogP contribution < -0.4 is 4.90 Å². The third kappa shape index (κ3) is 3.87. The molecule has 2 saturated heterocycles. The molecule has 0 radical (unpaired) electrons. The Balaban J connectivity index is 1.83. The van der Waals surface area contributed by atoms with Crippen molar-refractivity contribution in [2.75, 3.05) is 24.5 Å². The summed E-state index contributed by atoms with van der Waals surface area (Å²) in [5, 5.41) is 0. The molecule has 5 heteroatoms. The van der Waals surface area contributed by atoms with Gasteiger partial charge in [-0.3, -0.25) is 4.79 Å². The molecule has 2 aliphatic heterocycles. The zero-order valence-electron chi connectivity index (χ0n) is 15.1. The van der Waals surface area contributed by atoms with Gasteiger partial charge in [-0.25, -0.2) is 9.97 Å². The molecule has 3 heterocycles. The molecule has 1 aromatic heterocycles. The van der Waals surface area contributed by atoms with Crippen LogP contribution in [0.4, 0.5) is 5.82 Å². The lowest BCUT2D eigenvalue weighted by Gasteiger charge is -2.35. The van der Waals surface area contributed by atoms with E-state index in [1.165, 1.54) is 32.1 Å². The van der Waals surface area contributed by atoms with Crippen molar-refractivity contribution in [3.63, 3.8) is 0 Å². The highest BCUT2D eigenvalue weighted by atomic mass is 16.2. The second-order valence-corrected chi connectivity index (χ2v) is 7.12. The van der Waals surface area contributed by atoms with Crippen LogP contribution in [0.3, 0.4) is 0 Å². The zero-order valence-corrected chi connectivity index (χ0v) is 15.1. The van der Waals surface area contributed by atoms with Gasteiger partial charge in [0.15, 0.2) is 0 Å². The average Bonchev–Trinajstić information content (AvgIpc) is 2.90. The van der Waals surface area contributed by atoms with Crippen molar-refractivity contribution in [2.24, 2.45) is 0 Å². The highest BCUT2D eigenvalue weighted by molar-refractivity contribution is 5.93. The van der Waals surface area contributed by atoms with Crippen LogP contribution in [0.15, 0.2) is 6.07 Å². The Hall–Kier alpha value is -1.65. The Morgan fingerprint density at radius 1 is 1.08 bits per heavy atom. The molecule has 2 fully saturated rings. The van der Waals surface area contributed by atoms with E-state index in [1.54, 1.807) is 0 Å². The lowest BCUT2D eigenvalue weighted by Crippen LogP contribution is -2.43. The van der Waals surface area contributed by atoms with E-state index in [4.69, 9.17) is 0 Å². The predicted octanol–water partition coefficient (Wildman–Crippen LogP) is 3.57. The standard InChI is InChI=1S/C19H30N4O/c1-3-16-10-6-9-13-23(16)19(24)17-14-18(21-15(2)20-17)22-11-7-4-5-8-12-22/h14,16H,3-13H2,1-2H3.